The van der Waals surface area contributed by atoms with Gasteiger partial charge in [-0.3, -0.25) is 9.59 Å². The highest BCUT2D eigenvalue weighted by atomic mass is 28.4. The van der Waals surface area contributed by atoms with Gasteiger partial charge in [-0.05, 0) is 28.3 Å². The molecule has 0 radical (unpaired) electrons. The highest BCUT2D eigenvalue weighted by Gasteiger charge is 2.50. The van der Waals surface area contributed by atoms with E-state index >= 15 is 0 Å². The largest absolute Gasteiger partial charge is 0.460 e. The summed E-state index contributed by atoms with van der Waals surface area (Å²) in [6.07, 6.45) is 2.03. The predicted octanol–water partition coefficient (Wildman–Crippen LogP) is 2.95. The molecule has 2 aromatic rings. The zero-order chi connectivity index (χ0) is 23.9. The first-order chi connectivity index (χ1) is 15.8. The quantitative estimate of drug-likeness (QED) is 0.516. The van der Waals surface area contributed by atoms with Crippen LogP contribution in [0.1, 0.15) is 46.5 Å². The van der Waals surface area contributed by atoms with E-state index in [2.05, 4.69) is 74.0 Å². The molecule has 2 aliphatic rings. The highest BCUT2D eigenvalue weighted by Crippen LogP contribution is 2.37. The Morgan fingerprint density at radius 2 is 1.30 bits per heavy atom. The van der Waals surface area contributed by atoms with E-state index in [1.54, 1.807) is 0 Å². The Hall–Kier alpha value is -2.48. The number of cyclic esters (lactones) is 2. The zero-order valence-electron chi connectivity index (χ0n) is 19.7. The van der Waals surface area contributed by atoms with Crippen LogP contribution in [0.5, 0.6) is 0 Å². The smallest absolute Gasteiger partial charge is 0.306 e. The van der Waals surface area contributed by atoms with Gasteiger partial charge in [0.15, 0.2) is 0 Å². The molecule has 4 rings (SSSR count). The van der Waals surface area contributed by atoms with Gasteiger partial charge >= 0.3 is 11.9 Å². The van der Waals surface area contributed by atoms with E-state index in [4.69, 9.17) is 14.3 Å². The zero-order valence-corrected chi connectivity index (χ0v) is 20.7. The van der Waals surface area contributed by atoms with Crippen molar-refractivity contribution >= 4 is 30.6 Å². The van der Waals surface area contributed by atoms with Gasteiger partial charge in [-0.1, -0.05) is 81.4 Å². The third kappa shape index (κ3) is 6.10. The van der Waals surface area contributed by atoms with Crippen molar-refractivity contribution in [1.29, 1.82) is 0 Å². The summed E-state index contributed by atoms with van der Waals surface area (Å²) in [7, 11) is -2.53. The number of aliphatic hydroxyl groups is 1. The minimum Gasteiger partial charge on any atom is -0.460 e. The number of carbonyl (C=O) groups excluding carboxylic acids is 2. The van der Waals surface area contributed by atoms with E-state index in [9.17, 15) is 9.59 Å². The lowest BCUT2D eigenvalue weighted by Crippen LogP contribution is -2.67. The van der Waals surface area contributed by atoms with E-state index in [1.165, 1.54) is 10.4 Å². The molecule has 2 saturated heterocycles. The van der Waals surface area contributed by atoms with Crippen LogP contribution in [-0.2, 0) is 23.5 Å². The van der Waals surface area contributed by atoms with Crippen molar-refractivity contribution in [2.24, 2.45) is 0 Å². The number of carbonyl (C=O) groups is 2. The van der Waals surface area contributed by atoms with Crippen molar-refractivity contribution in [3.05, 3.63) is 60.7 Å². The molecule has 0 spiro atoms. The molecule has 2 fully saturated rings. The van der Waals surface area contributed by atoms with Crippen LogP contribution in [-0.4, -0.2) is 50.8 Å². The summed E-state index contributed by atoms with van der Waals surface area (Å²) in [5, 5.41) is 10.8. The van der Waals surface area contributed by atoms with E-state index in [0.717, 1.165) is 6.42 Å². The number of hydrogen-bond acceptors (Lipinski definition) is 6. The fourth-order valence-corrected chi connectivity index (χ4v) is 8.98. The minimum atomic E-state index is -2.53. The van der Waals surface area contributed by atoms with Crippen molar-refractivity contribution in [2.45, 2.75) is 63.7 Å². The number of benzene rings is 2. The first-order valence-corrected chi connectivity index (χ1v) is 13.4. The minimum absolute atomic E-state index is 0.0360. The molecule has 0 aromatic heterocycles. The lowest BCUT2D eigenvalue weighted by Gasteiger charge is -2.43. The van der Waals surface area contributed by atoms with E-state index in [1.807, 2.05) is 12.1 Å². The normalized spacial score (nSPS) is 20.6. The molecular formula is C26H34O6Si. The Balaban J connectivity index is 0.000000323. The van der Waals surface area contributed by atoms with Crippen molar-refractivity contribution in [1.82, 2.24) is 0 Å². The third-order valence-electron chi connectivity index (χ3n) is 6.04. The Kier molecular flexibility index (Phi) is 8.45. The van der Waals surface area contributed by atoms with Crippen LogP contribution in [0.25, 0.3) is 0 Å². The van der Waals surface area contributed by atoms with Crippen LogP contribution < -0.4 is 10.4 Å². The van der Waals surface area contributed by atoms with Gasteiger partial charge in [0.1, 0.15) is 12.2 Å². The molecule has 33 heavy (non-hydrogen) atoms. The summed E-state index contributed by atoms with van der Waals surface area (Å²) in [6, 6.07) is 21.1. The summed E-state index contributed by atoms with van der Waals surface area (Å²) in [6.45, 7) is 7.17. The molecule has 0 saturated carbocycles. The summed E-state index contributed by atoms with van der Waals surface area (Å²) in [5.74, 6) is -0.305. The van der Waals surface area contributed by atoms with Crippen LogP contribution in [0, 0.1) is 0 Å². The monoisotopic (exact) mass is 470 g/mol. The Morgan fingerprint density at radius 1 is 0.848 bits per heavy atom. The van der Waals surface area contributed by atoms with Crippen LogP contribution in [0.3, 0.4) is 0 Å². The molecular weight excluding hydrogens is 436 g/mol. The number of aliphatic hydroxyl groups excluding tert-OH is 1. The lowest BCUT2D eigenvalue weighted by molar-refractivity contribution is -0.143. The van der Waals surface area contributed by atoms with Gasteiger partial charge in [0.05, 0.1) is 13.2 Å². The Bertz CT molecular complexity index is 870. The van der Waals surface area contributed by atoms with Gasteiger partial charge in [-0.2, -0.15) is 0 Å². The molecule has 2 atom stereocenters. The van der Waals surface area contributed by atoms with E-state index in [-0.39, 0.29) is 35.8 Å². The molecule has 1 N–H and O–H groups in total. The van der Waals surface area contributed by atoms with E-state index < -0.39 is 8.32 Å². The third-order valence-corrected chi connectivity index (χ3v) is 11.0. The second-order valence-corrected chi connectivity index (χ2v) is 13.8. The van der Waals surface area contributed by atoms with Crippen molar-refractivity contribution in [2.75, 3.05) is 13.2 Å². The lowest BCUT2D eigenvalue weighted by atomic mass is 10.2. The fraction of sp³-hybridized carbons (Fsp3) is 0.462. The van der Waals surface area contributed by atoms with Crippen LogP contribution in [0.15, 0.2) is 60.7 Å². The molecule has 7 heteroatoms. The van der Waals surface area contributed by atoms with E-state index in [0.29, 0.717) is 25.9 Å². The summed E-state index contributed by atoms with van der Waals surface area (Å²) in [4.78, 5) is 21.7. The molecule has 6 nitrogen and oxygen atoms in total. The molecule has 2 aromatic carbocycles. The number of ether oxygens (including phenoxy) is 2. The predicted molar refractivity (Wildman–Crippen MR) is 129 cm³/mol. The van der Waals surface area contributed by atoms with Gasteiger partial charge in [0.2, 0.25) is 0 Å². The SMILES string of the molecule is CC(C)(C)[Si](OC[C@H]1CCC(=O)O1)(c1ccccc1)c1ccccc1.O=C1CC[C@H](CO)O1. The molecule has 2 heterocycles. The summed E-state index contributed by atoms with van der Waals surface area (Å²) >= 11 is 0. The Morgan fingerprint density at radius 3 is 1.64 bits per heavy atom. The molecule has 178 valence electrons. The topological polar surface area (TPSA) is 82.1 Å². The number of esters is 2. The fourth-order valence-electron chi connectivity index (χ4n) is 4.39. The number of rotatable bonds is 6. The standard InChI is InChI=1S/C21H26O3Si.C5H8O3/c1-21(2,3)25(18-10-6-4-7-11-18,19-12-8-5-9-13-19)23-16-17-14-15-20(22)24-17;6-3-4-1-2-5(7)8-4/h4-13,17H,14-16H2,1-3H3;4,6H,1-3H2/t17-;4-/m11/s1. The second-order valence-electron chi connectivity index (χ2n) is 9.46. The first-order valence-electron chi connectivity index (χ1n) is 11.5. The maximum atomic E-state index is 11.4. The van der Waals surface area contributed by atoms with Gasteiger partial charge in [0.25, 0.3) is 8.32 Å². The Labute approximate surface area is 197 Å². The molecule has 0 amide bonds. The summed E-state index contributed by atoms with van der Waals surface area (Å²) in [5.41, 5.74) is 0. The maximum Gasteiger partial charge on any atom is 0.306 e. The van der Waals surface area contributed by atoms with Crippen LogP contribution in [0.2, 0.25) is 5.04 Å². The highest BCUT2D eigenvalue weighted by molar-refractivity contribution is 6.99. The van der Waals surface area contributed by atoms with Gasteiger partial charge in [-0.15, -0.1) is 0 Å². The van der Waals surface area contributed by atoms with Crippen molar-refractivity contribution in [3.63, 3.8) is 0 Å². The van der Waals surface area contributed by atoms with Gasteiger partial charge in [0, 0.05) is 12.8 Å². The van der Waals surface area contributed by atoms with Crippen LogP contribution in [0.4, 0.5) is 0 Å². The molecule has 0 unspecified atom stereocenters. The van der Waals surface area contributed by atoms with Crippen molar-refractivity contribution < 1.29 is 28.6 Å². The molecule has 0 aliphatic carbocycles. The molecule has 2 aliphatic heterocycles. The first kappa shape index (κ1) is 25.1. The number of hydrogen-bond donors (Lipinski definition) is 1. The molecule has 0 bridgehead atoms. The van der Waals surface area contributed by atoms with Gasteiger partial charge < -0.3 is 19.0 Å². The maximum absolute atomic E-state index is 11.4. The summed E-state index contributed by atoms with van der Waals surface area (Å²) < 4.78 is 16.8. The average molecular weight is 471 g/mol. The second kappa shape index (κ2) is 11.1. The average Bonchev–Trinajstić information content (AvgIpc) is 3.43. The van der Waals surface area contributed by atoms with Gasteiger partial charge in [-0.25, -0.2) is 0 Å². The van der Waals surface area contributed by atoms with Crippen molar-refractivity contribution in [3.8, 4) is 0 Å². The van der Waals surface area contributed by atoms with Crippen LogP contribution >= 0.6 is 0 Å².